The normalized spacial score (nSPS) is 11.4. The van der Waals surface area contributed by atoms with Crippen LogP contribution in [-0.4, -0.2) is 29.9 Å². The number of fused-ring (bicyclic) bond motifs is 6. The molecule has 6 heteroatoms. The summed E-state index contributed by atoms with van der Waals surface area (Å²) in [6.07, 6.45) is 0. The zero-order valence-electron chi connectivity index (χ0n) is 37.8. The van der Waals surface area contributed by atoms with Crippen molar-refractivity contribution in [3.63, 3.8) is 0 Å². The third-order valence-corrected chi connectivity index (χ3v) is 13.2. The molecule has 0 bridgehead atoms. The molecule has 11 aromatic carbocycles. The van der Waals surface area contributed by atoms with E-state index in [1.165, 1.54) is 21.5 Å². The summed E-state index contributed by atoms with van der Waals surface area (Å²) in [5.41, 5.74) is 10.0. The average Bonchev–Trinajstić information content (AvgIpc) is 3.45. The molecule has 2 heterocycles. The molecule has 70 heavy (non-hydrogen) atoms. The molecule has 0 unspecified atom stereocenters. The molecule has 0 fully saturated rings. The first kappa shape index (κ1) is 40.7. The van der Waals surface area contributed by atoms with Crippen molar-refractivity contribution in [1.82, 2.24) is 29.9 Å². The van der Waals surface area contributed by atoms with Crippen molar-refractivity contribution in [1.29, 1.82) is 0 Å². The highest BCUT2D eigenvalue weighted by Gasteiger charge is 2.18. The fourth-order valence-electron chi connectivity index (χ4n) is 9.66. The van der Waals surface area contributed by atoms with E-state index in [1.807, 2.05) is 60.7 Å². The molecule has 13 rings (SSSR count). The standard InChI is InChI=1S/C64H40N6/c1-3-16-43(17-4-1)59-65-61(69-63(67-59)57-39-49-20-7-9-24-51(49)53-26-11-13-28-55(53)57)45-34-30-41(31-35-45)47-22-15-23-48(38-47)42-32-36-46(37-33-42)62-66-60(44-18-5-2-6-19-44)68-64(70-62)58-40-50-21-8-10-25-52(50)54-27-12-14-29-56(54)58/h1-40H. The van der Waals surface area contributed by atoms with E-state index < -0.39 is 0 Å². The third kappa shape index (κ3) is 7.50. The van der Waals surface area contributed by atoms with Gasteiger partial charge in [0.25, 0.3) is 0 Å². The van der Waals surface area contributed by atoms with Crippen molar-refractivity contribution < 1.29 is 0 Å². The highest BCUT2D eigenvalue weighted by Crippen LogP contribution is 2.38. The van der Waals surface area contributed by atoms with Crippen molar-refractivity contribution in [2.45, 2.75) is 0 Å². The van der Waals surface area contributed by atoms with Crippen molar-refractivity contribution in [2.24, 2.45) is 0 Å². The van der Waals surface area contributed by atoms with Crippen LogP contribution in [0.15, 0.2) is 243 Å². The summed E-state index contributed by atoms with van der Waals surface area (Å²) >= 11 is 0. The van der Waals surface area contributed by atoms with Crippen molar-refractivity contribution in [2.75, 3.05) is 0 Å². The van der Waals surface area contributed by atoms with Crippen LogP contribution in [0, 0.1) is 0 Å². The SMILES string of the molecule is c1ccc(-c2nc(-c3ccc(-c4cccc(-c5ccc(-c6nc(-c7ccccc7)nc(-c7cc8ccccc8c8ccccc78)n6)cc5)c4)cc3)nc(-c3cc4ccccc4c4ccccc34)n2)cc1. The lowest BCUT2D eigenvalue weighted by Gasteiger charge is -2.13. The highest BCUT2D eigenvalue weighted by molar-refractivity contribution is 6.14. The maximum Gasteiger partial charge on any atom is 0.164 e. The zero-order valence-corrected chi connectivity index (χ0v) is 37.8. The molecule has 2 aromatic heterocycles. The monoisotopic (exact) mass is 892 g/mol. The van der Waals surface area contributed by atoms with E-state index in [4.69, 9.17) is 29.9 Å². The van der Waals surface area contributed by atoms with Crippen LogP contribution in [-0.2, 0) is 0 Å². The molecule has 0 atom stereocenters. The number of hydrogen-bond acceptors (Lipinski definition) is 6. The van der Waals surface area contributed by atoms with Gasteiger partial charge in [-0.1, -0.05) is 224 Å². The Kier molecular flexibility index (Phi) is 10.1. The van der Waals surface area contributed by atoms with Gasteiger partial charge >= 0.3 is 0 Å². The van der Waals surface area contributed by atoms with Gasteiger partial charge < -0.3 is 0 Å². The smallest absolute Gasteiger partial charge is 0.164 e. The van der Waals surface area contributed by atoms with Crippen molar-refractivity contribution >= 4 is 43.1 Å². The maximum atomic E-state index is 5.17. The molecular weight excluding hydrogens is 853 g/mol. The summed E-state index contributed by atoms with van der Waals surface area (Å²) in [5, 5.41) is 9.23. The molecule has 0 aliphatic heterocycles. The molecule has 0 spiro atoms. The van der Waals surface area contributed by atoms with E-state index in [0.29, 0.717) is 34.9 Å². The van der Waals surface area contributed by atoms with Gasteiger partial charge in [0.2, 0.25) is 0 Å². The van der Waals surface area contributed by atoms with E-state index in [1.54, 1.807) is 0 Å². The first-order chi connectivity index (χ1) is 34.7. The topological polar surface area (TPSA) is 77.3 Å². The Morgan fingerprint density at radius 1 is 0.171 bits per heavy atom. The number of benzene rings is 11. The Morgan fingerprint density at radius 2 is 0.457 bits per heavy atom. The number of aromatic nitrogens is 6. The van der Waals surface area contributed by atoms with Crippen LogP contribution < -0.4 is 0 Å². The summed E-state index contributed by atoms with van der Waals surface area (Å²) in [6, 6.07) is 84.3. The zero-order chi connectivity index (χ0) is 46.4. The van der Waals surface area contributed by atoms with Gasteiger partial charge in [-0.25, -0.2) is 29.9 Å². The van der Waals surface area contributed by atoms with Crippen LogP contribution >= 0.6 is 0 Å². The second-order valence-corrected chi connectivity index (χ2v) is 17.5. The minimum Gasteiger partial charge on any atom is -0.208 e. The highest BCUT2D eigenvalue weighted by atomic mass is 15.0. The quantitative estimate of drug-likeness (QED) is 0.141. The van der Waals surface area contributed by atoms with Gasteiger partial charge in [-0.15, -0.1) is 0 Å². The van der Waals surface area contributed by atoms with Crippen LogP contribution in [0.3, 0.4) is 0 Å². The molecule has 0 aliphatic carbocycles. The number of hydrogen-bond donors (Lipinski definition) is 0. The molecule has 0 radical (unpaired) electrons. The number of rotatable bonds is 8. The second kappa shape index (κ2) is 17.3. The maximum absolute atomic E-state index is 5.17. The van der Waals surface area contributed by atoms with Gasteiger partial charge in [0, 0.05) is 33.4 Å². The summed E-state index contributed by atoms with van der Waals surface area (Å²) in [5.74, 6) is 3.78. The summed E-state index contributed by atoms with van der Waals surface area (Å²) in [6.45, 7) is 0. The molecular formula is C64H40N6. The van der Waals surface area contributed by atoms with Crippen molar-refractivity contribution in [3.05, 3.63) is 243 Å². The van der Waals surface area contributed by atoms with Crippen molar-refractivity contribution in [3.8, 4) is 90.6 Å². The third-order valence-electron chi connectivity index (χ3n) is 13.2. The van der Waals surface area contributed by atoms with Gasteiger partial charge in [-0.3, -0.25) is 0 Å². The van der Waals surface area contributed by atoms with Crippen LogP contribution in [0.25, 0.3) is 134 Å². The molecule has 0 N–H and O–H groups in total. The predicted octanol–water partition coefficient (Wildman–Crippen LogP) is 16.0. The lowest BCUT2D eigenvalue weighted by Crippen LogP contribution is -2.00. The van der Waals surface area contributed by atoms with Crippen LogP contribution in [0.4, 0.5) is 0 Å². The van der Waals surface area contributed by atoms with Crippen LogP contribution in [0.2, 0.25) is 0 Å². The molecule has 0 amide bonds. The Labute approximate surface area is 404 Å². The largest absolute Gasteiger partial charge is 0.208 e. The lowest BCUT2D eigenvalue weighted by molar-refractivity contribution is 1.08. The van der Waals surface area contributed by atoms with Gasteiger partial charge in [0.15, 0.2) is 34.9 Å². The Bertz CT molecular complexity index is 3830. The fraction of sp³-hybridized carbons (Fsp3) is 0. The minimum absolute atomic E-state index is 0.619. The lowest BCUT2D eigenvalue weighted by atomic mass is 9.96. The molecule has 0 saturated carbocycles. The van der Waals surface area contributed by atoms with Gasteiger partial charge in [-0.05, 0) is 83.5 Å². The van der Waals surface area contributed by atoms with E-state index in [-0.39, 0.29) is 0 Å². The van der Waals surface area contributed by atoms with E-state index >= 15 is 0 Å². The van der Waals surface area contributed by atoms with Gasteiger partial charge in [0.1, 0.15) is 0 Å². The molecule has 326 valence electrons. The van der Waals surface area contributed by atoms with Gasteiger partial charge in [-0.2, -0.15) is 0 Å². The molecule has 0 saturated heterocycles. The van der Waals surface area contributed by atoms with E-state index in [2.05, 4.69) is 182 Å². The first-order valence-corrected chi connectivity index (χ1v) is 23.4. The first-order valence-electron chi connectivity index (χ1n) is 23.4. The second-order valence-electron chi connectivity index (χ2n) is 17.5. The number of nitrogens with zero attached hydrogens (tertiary/aromatic N) is 6. The molecule has 6 nitrogen and oxygen atoms in total. The summed E-state index contributed by atoms with van der Waals surface area (Å²) in [4.78, 5) is 30.7. The molecule has 0 aliphatic rings. The van der Waals surface area contributed by atoms with Gasteiger partial charge in [0.05, 0.1) is 0 Å². The van der Waals surface area contributed by atoms with E-state index in [9.17, 15) is 0 Å². The Balaban J connectivity index is 0.835. The molecule has 13 aromatic rings. The predicted molar refractivity (Wildman–Crippen MR) is 287 cm³/mol. The summed E-state index contributed by atoms with van der Waals surface area (Å²) < 4.78 is 0. The fourth-order valence-corrected chi connectivity index (χ4v) is 9.66. The minimum atomic E-state index is 0.619. The summed E-state index contributed by atoms with van der Waals surface area (Å²) in [7, 11) is 0. The van der Waals surface area contributed by atoms with Crippen LogP contribution in [0.5, 0.6) is 0 Å². The average molecular weight is 893 g/mol. The Morgan fingerprint density at radius 3 is 0.857 bits per heavy atom. The van der Waals surface area contributed by atoms with E-state index in [0.717, 1.165) is 77.2 Å². The Hall–Kier alpha value is -9.52. The van der Waals surface area contributed by atoms with Crippen LogP contribution in [0.1, 0.15) is 0 Å².